The molecule has 2 aromatic rings. The summed E-state index contributed by atoms with van der Waals surface area (Å²) in [5.41, 5.74) is 12.1. The number of carbonyl (C=O) groups excluding carboxylic acids is 3. The van der Waals surface area contributed by atoms with E-state index < -0.39 is 5.91 Å². The summed E-state index contributed by atoms with van der Waals surface area (Å²) in [6.45, 7) is 4.19. The van der Waals surface area contributed by atoms with E-state index in [1.165, 1.54) is 0 Å². The Balaban J connectivity index is 0.000000891. The van der Waals surface area contributed by atoms with Gasteiger partial charge in [0.25, 0.3) is 0 Å². The molecule has 0 bridgehead atoms. The number of hydrogen-bond acceptors (Lipinski definition) is 4. The molecule has 0 atom stereocenters. The fourth-order valence-corrected chi connectivity index (χ4v) is 2.39. The number of nitrogens with two attached hydrogens (primary N) is 2. The molecule has 0 unspecified atom stereocenters. The van der Waals surface area contributed by atoms with Crippen LogP contribution >= 0.6 is 0 Å². The number of H-pyrrole nitrogens is 1. The maximum atomic E-state index is 12.1. The first-order valence-corrected chi connectivity index (χ1v) is 7.76. The fraction of sp³-hybridized carbons (Fsp3) is 0.353. The summed E-state index contributed by atoms with van der Waals surface area (Å²) < 4.78 is 5.09. The maximum Gasteiger partial charge on any atom is 0.355 e. The number of rotatable bonds is 6. The minimum absolute atomic E-state index is 0.250. The van der Waals surface area contributed by atoms with E-state index in [9.17, 15) is 9.59 Å². The zero-order valence-electron chi connectivity index (χ0n) is 13.9. The lowest BCUT2D eigenvalue weighted by Gasteiger charge is -2.04. The van der Waals surface area contributed by atoms with Crippen LogP contribution in [0.5, 0.6) is 0 Å². The topological polar surface area (TPSA) is 128 Å². The Morgan fingerprint density at radius 1 is 1.29 bits per heavy atom. The van der Waals surface area contributed by atoms with Gasteiger partial charge in [0.2, 0.25) is 12.3 Å². The largest absolute Gasteiger partial charge is 0.461 e. The standard InChI is InChI=1S/C16H20N2O3.CH3NO/c1-3-5-6-11-12-9-10(15(17)19)7-8-13(12)18-14(11)16(20)21-4-2;2-1-3/h7-9,18H,3-6H2,1-2H3,(H2,17,19);1H,(H2,2,3). The highest BCUT2D eigenvalue weighted by atomic mass is 16.5. The SMILES string of the molecule is CCCCc1c(C(=O)OCC)[nH]c2ccc(C(N)=O)cc12.NC=O. The summed E-state index contributed by atoms with van der Waals surface area (Å²) in [4.78, 5) is 35.1. The zero-order valence-corrected chi connectivity index (χ0v) is 13.9. The molecule has 5 N–H and O–H groups in total. The molecule has 2 rings (SSSR count). The molecule has 2 amide bonds. The average molecular weight is 333 g/mol. The molecule has 24 heavy (non-hydrogen) atoms. The Hall–Kier alpha value is -2.83. The fourth-order valence-electron chi connectivity index (χ4n) is 2.39. The Kier molecular flexibility index (Phi) is 7.48. The van der Waals surface area contributed by atoms with E-state index in [2.05, 4.69) is 17.6 Å². The van der Waals surface area contributed by atoms with Crippen LogP contribution < -0.4 is 11.5 Å². The van der Waals surface area contributed by atoms with Crippen molar-refractivity contribution in [1.82, 2.24) is 4.98 Å². The molecule has 0 aliphatic carbocycles. The van der Waals surface area contributed by atoms with Crippen LogP contribution in [-0.2, 0) is 16.0 Å². The van der Waals surface area contributed by atoms with E-state index in [4.69, 9.17) is 15.3 Å². The number of aryl methyl sites for hydroxylation is 1. The van der Waals surface area contributed by atoms with Crippen LogP contribution in [0.1, 0.15) is 53.1 Å². The number of hydrogen-bond donors (Lipinski definition) is 3. The van der Waals surface area contributed by atoms with Crippen molar-refractivity contribution in [3.05, 3.63) is 35.0 Å². The van der Waals surface area contributed by atoms with Gasteiger partial charge in [-0.05, 0) is 43.5 Å². The van der Waals surface area contributed by atoms with Crippen molar-refractivity contribution in [3.63, 3.8) is 0 Å². The van der Waals surface area contributed by atoms with Crippen molar-refractivity contribution in [2.45, 2.75) is 33.1 Å². The smallest absolute Gasteiger partial charge is 0.355 e. The quantitative estimate of drug-likeness (QED) is 0.550. The van der Waals surface area contributed by atoms with Crippen LogP contribution in [0.15, 0.2) is 18.2 Å². The molecular formula is C17H23N3O4. The molecule has 0 saturated carbocycles. The number of unbranched alkanes of at least 4 members (excludes halogenated alkanes) is 1. The van der Waals surface area contributed by atoms with Crippen LogP contribution in [0.25, 0.3) is 10.9 Å². The van der Waals surface area contributed by atoms with Gasteiger partial charge in [0.1, 0.15) is 5.69 Å². The molecule has 0 saturated heterocycles. The molecule has 0 spiro atoms. The van der Waals surface area contributed by atoms with Crippen LogP contribution in [0, 0.1) is 0 Å². The van der Waals surface area contributed by atoms with Gasteiger partial charge < -0.3 is 21.2 Å². The van der Waals surface area contributed by atoms with Crippen LogP contribution in [0.2, 0.25) is 0 Å². The summed E-state index contributed by atoms with van der Waals surface area (Å²) in [5, 5.41) is 0.864. The highest BCUT2D eigenvalue weighted by molar-refractivity contribution is 6.02. The van der Waals surface area contributed by atoms with Gasteiger partial charge in [-0.2, -0.15) is 0 Å². The minimum Gasteiger partial charge on any atom is -0.461 e. The molecule has 1 aromatic carbocycles. The summed E-state index contributed by atoms with van der Waals surface area (Å²) in [7, 11) is 0. The van der Waals surface area contributed by atoms with Crippen LogP contribution in [0.3, 0.4) is 0 Å². The molecule has 7 nitrogen and oxygen atoms in total. The molecule has 0 radical (unpaired) electrons. The first-order valence-electron chi connectivity index (χ1n) is 7.76. The predicted octanol–water partition coefficient (Wildman–Crippen LogP) is 1.89. The summed E-state index contributed by atoms with van der Waals surface area (Å²) in [6.07, 6.45) is 2.98. The van der Waals surface area contributed by atoms with E-state index in [1.54, 1.807) is 25.1 Å². The average Bonchev–Trinajstić information content (AvgIpc) is 2.91. The van der Waals surface area contributed by atoms with Crippen molar-refractivity contribution in [1.29, 1.82) is 0 Å². The summed E-state index contributed by atoms with van der Waals surface area (Å²) in [5.74, 6) is -0.836. The minimum atomic E-state index is -0.475. The first kappa shape index (κ1) is 19.2. The van der Waals surface area contributed by atoms with E-state index in [0.29, 0.717) is 17.9 Å². The third-order valence-electron chi connectivity index (χ3n) is 3.45. The second-order valence-corrected chi connectivity index (χ2v) is 5.06. The zero-order chi connectivity index (χ0) is 18.1. The third-order valence-corrected chi connectivity index (χ3v) is 3.45. The molecule has 0 aliphatic rings. The monoisotopic (exact) mass is 333 g/mol. The molecule has 130 valence electrons. The number of aromatic amines is 1. The van der Waals surface area contributed by atoms with Gasteiger partial charge in [-0.1, -0.05) is 13.3 Å². The highest BCUT2D eigenvalue weighted by Crippen LogP contribution is 2.26. The number of fused-ring (bicyclic) bond motifs is 1. The van der Waals surface area contributed by atoms with Gasteiger partial charge >= 0.3 is 5.97 Å². The Labute approximate surface area is 140 Å². The normalized spacial score (nSPS) is 9.92. The van der Waals surface area contributed by atoms with Gasteiger partial charge in [0, 0.05) is 16.5 Å². The molecule has 1 heterocycles. The Bertz CT molecular complexity index is 722. The number of carbonyl (C=O) groups is 3. The lowest BCUT2D eigenvalue weighted by Crippen LogP contribution is -2.10. The van der Waals surface area contributed by atoms with Gasteiger partial charge in [-0.15, -0.1) is 0 Å². The first-order chi connectivity index (χ1) is 11.5. The van der Waals surface area contributed by atoms with Crippen molar-refractivity contribution in [2.75, 3.05) is 6.61 Å². The van der Waals surface area contributed by atoms with E-state index >= 15 is 0 Å². The van der Waals surface area contributed by atoms with E-state index in [0.717, 1.165) is 35.7 Å². The van der Waals surface area contributed by atoms with Crippen molar-refractivity contribution < 1.29 is 19.1 Å². The van der Waals surface area contributed by atoms with Gasteiger partial charge in [0.15, 0.2) is 0 Å². The van der Waals surface area contributed by atoms with Crippen molar-refractivity contribution in [2.24, 2.45) is 11.5 Å². The lowest BCUT2D eigenvalue weighted by molar-refractivity contribution is -0.106. The molecular weight excluding hydrogens is 310 g/mol. The van der Waals surface area contributed by atoms with E-state index in [-0.39, 0.29) is 12.4 Å². The van der Waals surface area contributed by atoms with E-state index in [1.807, 2.05) is 0 Å². The van der Waals surface area contributed by atoms with Crippen molar-refractivity contribution in [3.8, 4) is 0 Å². The van der Waals surface area contributed by atoms with Crippen LogP contribution in [0.4, 0.5) is 0 Å². The summed E-state index contributed by atoms with van der Waals surface area (Å²) >= 11 is 0. The second kappa shape index (κ2) is 9.34. The predicted molar refractivity (Wildman–Crippen MR) is 91.6 cm³/mol. The number of benzene rings is 1. The molecule has 0 fully saturated rings. The number of amides is 2. The number of aromatic nitrogens is 1. The van der Waals surface area contributed by atoms with Crippen molar-refractivity contribution >= 4 is 29.2 Å². The van der Waals surface area contributed by atoms with Gasteiger partial charge in [0.05, 0.1) is 6.61 Å². The number of ether oxygens (including phenoxy) is 1. The second-order valence-electron chi connectivity index (χ2n) is 5.06. The highest BCUT2D eigenvalue weighted by Gasteiger charge is 2.19. The lowest BCUT2D eigenvalue weighted by atomic mass is 10.0. The third kappa shape index (κ3) is 4.58. The maximum absolute atomic E-state index is 12.1. The van der Waals surface area contributed by atoms with Gasteiger partial charge in [-0.25, -0.2) is 4.79 Å². The number of nitrogens with one attached hydrogen (secondary N) is 1. The molecule has 0 aliphatic heterocycles. The Morgan fingerprint density at radius 2 is 1.96 bits per heavy atom. The van der Waals surface area contributed by atoms with Gasteiger partial charge in [-0.3, -0.25) is 9.59 Å². The number of esters is 1. The Morgan fingerprint density at radius 3 is 2.50 bits per heavy atom. The molecule has 1 aromatic heterocycles. The number of primary amides is 2. The molecule has 7 heteroatoms. The summed E-state index contributed by atoms with van der Waals surface area (Å²) in [6, 6.07) is 5.16. The van der Waals surface area contributed by atoms with Crippen LogP contribution in [-0.4, -0.2) is 29.9 Å².